The van der Waals surface area contributed by atoms with Crippen LogP contribution < -0.4 is 29.6 Å². The summed E-state index contributed by atoms with van der Waals surface area (Å²) in [7, 11) is -4.61. The minimum absolute atomic E-state index is 0. The zero-order chi connectivity index (χ0) is 4.50. The van der Waals surface area contributed by atoms with Crippen LogP contribution in [0.25, 0.3) is 0 Å². The average molecular weight is 120 g/mol. The van der Waals surface area contributed by atoms with Crippen LogP contribution in [0.3, 0.4) is 0 Å². The summed E-state index contributed by atoms with van der Waals surface area (Å²) in [4.78, 5) is 29.3. The number of rotatable bonds is 0. The molecular formula is H5NaO4Si. The Balaban J connectivity index is -0.0000000800. The zero-order valence-electron chi connectivity index (χ0n) is 4.29. The van der Waals surface area contributed by atoms with Crippen LogP contribution in [0.15, 0.2) is 0 Å². The molecule has 0 rings (SSSR count). The molecule has 0 aromatic rings. The fourth-order valence-electron chi connectivity index (χ4n) is 0. The molecule has 6 heteroatoms. The fraction of sp³-hybridized carbons (Fsp3) is 0. The van der Waals surface area contributed by atoms with E-state index in [4.69, 9.17) is 19.2 Å². The van der Waals surface area contributed by atoms with E-state index in [0.717, 1.165) is 0 Å². The molecule has 0 spiro atoms. The molecule has 0 aliphatic carbocycles. The van der Waals surface area contributed by atoms with Gasteiger partial charge in [-0.1, -0.05) is 0 Å². The molecule has 0 saturated heterocycles. The SMILES string of the molecule is O[Si](O)(O)O.[H-].[Na+]. The van der Waals surface area contributed by atoms with Crippen LogP contribution in [0.1, 0.15) is 1.43 Å². The van der Waals surface area contributed by atoms with Crippen molar-refractivity contribution in [3.8, 4) is 0 Å². The Kier molecular flexibility index (Phi) is 5.25. The molecule has 0 fully saturated rings. The first-order valence-electron chi connectivity index (χ1n) is 0.894. The van der Waals surface area contributed by atoms with Crippen LogP contribution in [-0.2, 0) is 0 Å². The standard InChI is InChI=1S/Na.H4O4Si.H/c;1-5(2,3)4;/h;1-4H;/q+1;;-1. The van der Waals surface area contributed by atoms with E-state index in [2.05, 4.69) is 0 Å². The molecule has 0 radical (unpaired) electrons. The second kappa shape index (κ2) is 3.11. The van der Waals surface area contributed by atoms with Gasteiger partial charge in [-0.05, 0) is 0 Å². The monoisotopic (exact) mass is 120 g/mol. The van der Waals surface area contributed by atoms with Crippen molar-refractivity contribution >= 4 is 9.05 Å². The van der Waals surface area contributed by atoms with Crippen molar-refractivity contribution in [2.24, 2.45) is 0 Å². The van der Waals surface area contributed by atoms with E-state index in [1.807, 2.05) is 0 Å². The fourth-order valence-corrected chi connectivity index (χ4v) is 0. The third-order valence-electron chi connectivity index (χ3n) is 0. The zero-order valence-corrected chi connectivity index (χ0v) is 6.29. The van der Waals surface area contributed by atoms with Crippen molar-refractivity contribution in [2.75, 3.05) is 0 Å². The second-order valence-corrected chi connectivity index (χ2v) is 1.80. The molecule has 0 aromatic heterocycles. The molecular weight excluding hydrogens is 115 g/mol. The molecule has 0 atom stereocenters. The summed E-state index contributed by atoms with van der Waals surface area (Å²) < 4.78 is 0. The van der Waals surface area contributed by atoms with Gasteiger partial charge in [0.15, 0.2) is 0 Å². The smallest absolute Gasteiger partial charge is 1.00 e. The van der Waals surface area contributed by atoms with Crippen molar-refractivity contribution in [1.82, 2.24) is 0 Å². The van der Waals surface area contributed by atoms with Crippen molar-refractivity contribution in [3.05, 3.63) is 0 Å². The molecule has 34 valence electrons. The summed E-state index contributed by atoms with van der Waals surface area (Å²) >= 11 is 0. The van der Waals surface area contributed by atoms with Gasteiger partial charge in [-0.15, -0.1) is 0 Å². The first kappa shape index (κ1) is 10.1. The summed E-state index contributed by atoms with van der Waals surface area (Å²) in [5.74, 6) is 0. The molecule has 0 amide bonds. The Morgan fingerprint density at radius 2 is 1.00 bits per heavy atom. The van der Waals surface area contributed by atoms with E-state index in [-0.39, 0.29) is 31.0 Å². The van der Waals surface area contributed by atoms with Crippen molar-refractivity contribution in [2.45, 2.75) is 0 Å². The number of hydrogen-bond acceptors (Lipinski definition) is 4. The van der Waals surface area contributed by atoms with Crippen molar-refractivity contribution in [3.63, 3.8) is 0 Å². The Morgan fingerprint density at radius 3 is 1.00 bits per heavy atom. The maximum Gasteiger partial charge on any atom is 1.00 e. The van der Waals surface area contributed by atoms with E-state index in [9.17, 15) is 0 Å². The largest absolute Gasteiger partial charge is 1.00 e. The van der Waals surface area contributed by atoms with Crippen molar-refractivity contribution in [1.29, 1.82) is 0 Å². The summed E-state index contributed by atoms with van der Waals surface area (Å²) in [6.45, 7) is 0. The van der Waals surface area contributed by atoms with E-state index in [0.29, 0.717) is 0 Å². The molecule has 0 aliphatic rings. The van der Waals surface area contributed by atoms with E-state index < -0.39 is 9.05 Å². The summed E-state index contributed by atoms with van der Waals surface area (Å²) in [5.41, 5.74) is 0. The van der Waals surface area contributed by atoms with Gasteiger partial charge in [-0.25, -0.2) is 0 Å². The minimum Gasteiger partial charge on any atom is -1.00 e. The van der Waals surface area contributed by atoms with Crippen LogP contribution in [0.5, 0.6) is 0 Å². The van der Waals surface area contributed by atoms with Gasteiger partial charge in [0.2, 0.25) is 0 Å². The Morgan fingerprint density at radius 1 is 1.00 bits per heavy atom. The van der Waals surface area contributed by atoms with Crippen LogP contribution in [0.4, 0.5) is 0 Å². The van der Waals surface area contributed by atoms with Crippen molar-refractivity contribution < 1.29 is 50.2 Å². The van der Waals surface area contributed by atoms with Gasteiger partial charge < -0.3 is 20.6 Å². The molecule has 0 heterocycles. The summed E-state index contributed by atoms with van der Waals surface area (Å²) in [5, 5.41) is 0. The van der Waals surface area contributed by atoms with E-state index >= 15 is 0 Å². The predicted molar refractivity (Wildman–Crippen MR) is 15.7 cm³/mol. The Hall–Kier alpha value is 1.06. The molecule has 4 N–H and O–H groups in total. The van der Waals surface area contributed by atoms with E-state index in [1.54, 1.807) is 0 Å². The topological polar surface area (TPSA) is 80.9 Å². The maximum atomic E-state index is 7.33. The van der Waals surface area contributed by atoms with Crippen LogP contribution in [0, 0.1) is 0 Å². The normalized spacial score (nSPS) is 10.0. The third-order valence-corrected chi connectivity index (χ3v) is 0. The summed E-state index contributed by atoms with van der Waals surface area (Å²) in [6.07, 6.45) is 0. The minimum atomic E-state index is -4.61. The van der Waals surface area contributed by atoms with Gasteiger partial charge >= 0.3 is 38.6 Å². The van der Waals surface area contributed by atoms with Gasteiger partial charge in [0.1, 0.15) is 0 Å². The third kappa shape index (κ3) is 74.5. The molecule has 0 aromatic carbocycles. The first-order valence-corrected chi connectivity index (χ1v) is 2.68. The van der Waals surface area contributed by atoms with Crippen LogP contribution in [0.2, 0.25) is 0 Å². The summed E-state index contributed by atoms with van der Waals surface area (Å²) in [6, 6.07) is 0. The Bertz CT molecular complexity index is 27.2. The first-order chi connectivity index (χ1) is 2.00. The predicted octanol–water partition coefficient (Wildman–Crippen LogP) is -5.49. The van der Waals surface area contributed by atoms with Gasteiger partial charge in [-0.3, -0.25) is 0 Å². The Labute approximate surface area is 59.3 Å². The van der Waals surface area contributed by atoms with Crippen LogP contribution in [-0.4, -0.2) is 28.2 Å². The number of hydrogen-bond donors (Lipinski definition) is 4. The van der Waals surface area contributed by atoms with Gasteiger partial charge in [0.25, 0.3) is 0 Å². The molecule has 0 aliphatic heterocycles. The van der Waals surface area contributed by atoms with Gasteiger partial charge in [-0.2, -0.15) is 0 Å². The van der Waals surface area contributed by atoms with Gasteiger partial charge in [0.05, 0.1) is 0 Å². The second-order valence-electron chi connectivity index (χ2n) is 0.600. The van der Waals surface area contributed by atoms with Crippen LogP contribution >= 0.6 is 0 Å². The van der Waals surface area contributed by atoms with Gasteiger partial charge in [0, 0.05) is 0 Å². The molecule has 0 bridgehead atoms. The van der Waals surface area contributed by atoms with E-state index in [1.165, 1.54) is 0 Å². The maximum absolute atomic E-state index is 7.33. The molecule has 6 heavy (non-hydrogen) atoms. The molecule has 0 saturated carbocycles. The quantitative estimate of drug-likeness (QED) is 0.240. The molecule has 4 nitrogen and oxygen atoms in total. The molecule has 0 unspecified atom stereocenters. The average Bonchev–Trinajstić information content (AvgIpc) is 0.722.